The van der Waals surface area contributed by atoms with Gasteiger partial charge in [-0.3, -0.25) is 9.80 Å². The number of aromatic nitrogens is 5. The maximum absolute atomic E-state index is 5.49. The average molecular weight is 898 g/mol. The quantitative estimate of drug-likeness (QED) is 0.137. The fourth-order valence-electron chi connectivity index (χ4n) is 9.95. The van der Waals surface area contributed by atoms with Gasteiger partial charge in [0, 0.05) is 61.2 Å². The molecule has 70 heavy (non-hydrogen) atoms. The summed E-state index contributed by atoms with van der Waals surface area (Å²) in [5.74, 6) is 1.50. The van der Waals surface area contributed by atoms with Crippen molar-refractivity contribution < 1.29 is 0 Å². The summed E-state index contributed by atoms with van der Waals surface area (Å²) >= 11 is 0. The van der Waals surface area contributed by atoms with E-state index in [4.69, 9.17) is 15.0 Å². The number of anilines is 6. The Bertz CT molecular complexity index is 3940. The van der Waals surface area contributed by atoms with Gasteiger partial charge in [-0.25, -0.2) is 0 Å². The number of hydrogen-bond acceptors (Lipinski definition) is 5. The molecule has 7 heteroatoms. The van der Waals surface area contributed by atoms with E-state index >= 15 is 0 Å². The molecular weight excluding hydrogens is 855 g/mol. The van der Waals surface area contributed by atoms with Gasteiger partial charge in [-0.05, 0) is 108 Å². The highest BCUT2D eigenvalue weighted by atomic mass is 15.3. The van der Waals surface area contributed by atoms with Gasteiger partial charge < -0.3 is 9.13 Å². The van der Waals surface area contributed by atoms with Crippen LogP contribution in [0, 0.1) is 0 Å². The molecule has 0 fully saturated rings. The van der Waals surface area contributed by atoms with Gasteiger partial charge in [0.05, 0.1) is 22.1 Å². The molecule has 13 aromatic rings. The molecule has 7 nitrogen and oxygen atoms in total. The van der Waals surface area contributed by atoms with Crippen molar-refractivity contribution in [3.8, 4) is 33.9 Å². The lowest BCUT2D eigenvalue weighted by molar-refractivity contribution is 0.989. The van der Waals surface area contributed by atoms with E-state index in [9.17, 15) is 0 Å². The molecule has 13 rings (SSSR count). The van der Waals surface area contributed by atoms with Crippen LogP contribution in [0.2, 0.25) is 0 Å². The Balaban J connectivity index is 1.05. The van der Waals surface area contributed by atoms with E-state index in [0.29, 0.717) is 17.7 Å². The monoisotopic (exact) mass is 897 g/mol. The molecule has 3 aromatic heterocycles. The molecule has 0 unspecified atom stereocenters. The fourth-order valence-corrected chi connectivity index (χ4v) is 9.95. The first kappa shape index (κ1) is 40.7. The Hall–Kier alpha value is -9.59. The number of rotatable bonds is 10. The minimum atomic E-state index is 0.478. The van der Waals surface area contributed by atoms with Crippen LogP contribution in [-0.4, -0.2) is 24.1 Å². The maximum atomic E-state index is 5.49. The summed E-state index contributed by atoms with van der Waals surface area (Å²) in [5, 5.41) is 4.60. The lowest BCUT2D eigenvalue weighted by atomic mass is 10.1. The number of para-hydroxylation sites is 6. The van der Waals surface area contributed by atoms with Gasteiger partial charge >= 0.3 is 0 Å². The summed E-state index contributed by atoms with van der Waals surface area (Å²) < 4.78 is 4.69. The Morgan fingerprint density at radius 3 is 1.26 bits per heavy atom. The normalized spacial score (nSPS) is 11.4. The summed E-state index contributed by atoms with van der Waals surface area (Å²) in [7, 11) is 0. The lowest BCUT2D eigenvalue weighted by Crippen LogP contribution is -2.19. The van der Waals surface area contributed by atoms with Crippen molar-refractivity contribution in [2.45, 2.75) is 0 Å². The second kappa shape index (κ2) is 17.2. The average Bonchev–Trinajstić information content (AvgIpc) is 3.95. The zero-order chi connectivity index (χ0) is 46.4. The molecule has 0 aliphatic rings. The fraction of sp³-hybridized carbons (Fsp3) is 0. The second-order valence-corrected chi connectivity index (χ2v) is 17.3. The number of nitrogens with zero attached hydrogens (tertiary/aromatic N) is 7. The SMILES string of the molecule is c1ccc(-c2ccc(-n3c4ccccc4c4ccc(-c5nc(N(c6ccccc6)c6ccccc6)nc(N(c6ccccc6)c6ccc7c(c6)c6ccccc6n7-c6ccccc6)n5)cc43)cc2)cc1. The largest absolute Gasteiger partial charge is 0.309 e. The standard InChI is InChI=1S/C63H43N7/c1-6-20-44(21-7-1)45-34-37-51(38-35-45)70-57-32-18-16-30-53(57)55-40-36-46(42-60(55)70)61-64-62(67(47-22-8-2-9-23-47)48-24-10-3-11-25-48)66-63(65-61)68(49-26-12-4-13-27-49)52-39-41-59-56(43-52)54-31-17-19-33-58(54)69(59)50-28-14-5-15-29-50/h1-43H. The predicted octanol–water partition coefficient (Wildman–Crippen LogP) is 16.3. The molecule has 10 aromatic carbocycles. The van der Waals surface area contributed by atoms with Gasteiger partial charge in [-0.2, -0.15) is 15.0 Å². The van der Waals surface area contributed by atoms with Crippen LogP contribution in [0.4, 0.5) is 34.6 Å². The van der Waals surface area contributed by atoms with Crippen LogP contribution in [0.15, 0.2) is 261 Å². The first-order chi connectivity index (χ1) is 34.7. The van der Waals surface area contributed by atoms with Crippen LogP contribution in [-0.2, 0) is 0 Å². The van der Waals surface area contributed by atoms with Crippen LogP contribution in [0.3, 0.4) is 0 Å². The van der Waals surface area contributed by atoms with E-state index in [1.54, 1.807) is 0 Å². The lowest BCUT2D eigenvalue weighted by Gasteiger charge is -2.27. The molecule has 0 atom stereocenters. The van der Waals surface area contributed by atoms with Crippen molar-refractivity contribution in [3.05, 3.63) is 261 Å². The van der Waals surface area contributed by atoms with E-state index in [0.717, 1.165) is 77.9 Å². The molecule has 0 aliphatic heterocycles. The molecule has 0 bridgehead atoms. The van der Waals surface area contributed by atoms with Crippen molar-refractivity contribution in [3.63, 3.8) is 0 Å². The minimum absolute atomic E-state index is 0.478. The summed E-state index contributed by atoms with van der Waals surface area (Å²) in [6.45, 7) is 0. The predicted molar refractivity (Wildman–Crippen MR) is 289 cm³/mol. The highest BCUT2D eigenvalue weighted by Gasteiger charge is 2.25. The highest BCUT2D eigenvalue weighted by Crippen LogP contribution is 2.42. The zero-order valence-electron chi connectivity index (χ0n) is 38.0. The second-order valence-electron chi connectivity index (χ2n) is 17.3. The van der Waals surface area contributed by atoms with Crippen LogP contribution >= 0.6 is 0 Å². The smallest absolute Gasteiger partial charge is 0.240 e. The van der Waals surface area contributed by atoms with Crippen LogP contribution < -0.4 is 9.80 Å². The van der Waals surface area contributed by atoms with E-state index in [-0.39, 0.29) is 0 Å². The Labute approximate surface area is 405 Å². The van der Waals surface area contributed by atoms with Gasteiger partial charge in [0.15, 0.2) is 5.82 Å². The topological polar surface area (TPSA) is 55.0 Å². The van der Waals surface area contributed by atoms with Crippen molar-refractivity contribution >= 4 is 78.3 Å². The molecule has 0 amide bonds. The van der Waals surface area contributed by atoms with Crippen LogP contribution in [0.5, 0.6) is 0 Å². The molecular formula is C63H43N7. The van der Waals surface area contributed by atoms with Crippen LogP contribution in [0.25, 0.3) is 77.5 Å². The van der Waals surface area contributed by atoms with Gasteiger partial charge in [0.1, 0.15) is 0 Å². The Morgan fingerprint density at radius 1 is 0.257 bits per heavy atom. The molecule has 0 saturated heterocycles. The van der Waals surface area contributed by atoms with E-state index in [1.165, 1.54) is 16.5 Å². The van der Waals surface area contributed by atoms with Crippen molar-refractivity contribution in [2.24, 2.45) is 0 Å². The Morgan fingerprint density at radius 2 is 0.671 bits per heavy atom. The third-order valence-electron chi connectivity index (χ3n) is 13.1. The van der Waals surface area contributed by atoms with Gasteiger partial charge in [0.2, 0.25) is 11.9 Å². The third-order valence-corrected chi connectivity index (χ3v) is 13.1. The van der Waals surface area contributed by atoms with Crippen molar-refractivity contribution in [1.29, 1.82) is 0 Å². The van der Waals surface area contributed by atoms with Crippen LogP contribution in [0.1, 0.15) is 0 Å². The maximum Gasteiger partial charge on any atom is 0.240 e. The number of fused-ring (bicyclic) bond motifs is 6. The molecule has 0 spiro atoms. The number of benzene rings is 10. The Kier molecular flexibility index (Phi) is 10.0. The zero-order valence-corrected chi connectivity index (χ0v) is 38.0. The van der Waals surface area contributed by atoms with Gasteiger partial charge in [0.25, 0.3) is 0 Å². The van der Waals surface area contributed by atoms with E-state index < -0.39 is 0 Å². The third kappa shape index (κ3) is 7.12. The molecule has 0 N–H and O–H groups in total. The van der Waals surface area contributed by atoms with E-state index in [2.05, 4.69) is 237 Å². The molecule has 330 valence electrons. The summed E-state index contributed by atoms with van der Waals surface area (Å²) in [6.07, 6.45) is 0. The van der Waals surface area contributed by atoms with Crippen molar-refractivity contribution in [2.75, 3.05) is 9.80 Å². The summed E-state index contributed by atoms with van der Waals surface area (Å²) in [4.78, 5) is 20.7. The first-order valence-corrected chi connectivity index (χ1v) is 23.5. The van der Waals surface area contributed by atoms with Gasteiger partial charge in [-0.1, -0.05) is 164 Å². The minimum Gasteiger partial charge on any atom is -0.309 e. The molecule has 3 heterocycles. The van der Waals surface area contributed by atoms with Gasteiger partial charge in [-0.15, -0.1) is 0 Å². The summed E-state index contributed by atoms with van der Waals surface area (Å²) in [6, 6.07) is 91.4. The number of hydrogen-bond donors (Lipinski definition) is 0. The molecule has 0 aliphatic carbocycles. The summed E-state index contributed by atoms with van der Waals surface area (Å²) in [5.41, 5.74) is 13.5. The highest BCUT2D eigenvalue weighted by molar-refractivity contribution is 6.11. The molecule has 0 radical (unpaired) electrons. The van der Waals surface area contributed by atoms with Crippen molar-refractivity contribution in [1.82, 2.24) is 24.1 Å². The molecule has 0 saturated carbocycles. The van der Waals surface area contributed by atoms with E-state index in [1.807, 2.05) is 42.5 Å². The first-order valence-electron chi connectivity index (χ1n) is 23.5.